The molecule has 3 nitrogen and oxygen atoms in total. The fourth-order valence-electron chi connectivity index (χ4n) is 7.42. The third-order valence-electron chi connectivity index (χ3n) is 9.23. The zero-order chi connectivity index (χ0) is 26.9. The SMILES string of the molecule is Cc1ccc2c(oc3c(-c4cc5c(c(C6CCCC6)c4)CC(C)(C)C5)c(C#N)ccc32)c1-c1cccc[n+]1C. The number of hydrogen-bond acceptors (Lipinski definition) is 2. The van der Waals surface area contributed by atoms with Crippen molar-refractivity contribution in [3.8, 4) is 28.5 Å². The average Bonchev–Trinajstić information content (AvgIpc) is 3.64. The van der Waals surface area contributed by atoms with E-state index in [1.807, 2.05) is 12.1 Å². The van der Waals surface area contributed by atoms with Gasteiger partial charge in [0.05, 0.1) is 17.2 Å². The second-order valence-electron chi connectivity index (χ2n) is 12.6. The van der Waals surface area contributed by atoms with Gasteiger partial charge in [-0.15, -0.1) is 0 Å². The Kier molecular flexibility index (Phi) is 5.46. The summed E-state index contributed by atoms with van der Waals surface area (Å²) >= 11 is 0. The minimum absolute atomic E-state index is 0.273. The van der Waals surface area contributed by atoms with Crippen LogP contribution in [0.5, 0.6) is 0 Å². The molecule has 1 saturated carbocycles. The fourth-order valence-corrected chi connectivity index (χ4v) is 7.42. The van der Waals surface area contributed by atoms with E-state index in [2.05, 4.69) is 87.1 Å². The summed E-state index contributed by atoms with van der Waals surface area (Å²) in [6, 6.07) is 22.0. The second-order valence-corrected chi connectivity index (χ2v) is 12.6. The Morgan fingerprint density at radius 3 is 2.41 bits per heavy atom. The van der Waals surface area contributed by atoms with Gasteiger partial charge in [0, 0.05) is 28.5 Å². The van der Waals surface area contributed by atoms with Gasteiger partial charge in [0.1, 0.15) is 18.2 Å². The molecule has 2 aromatic heterocycles. The van der Waals surface area contributed by atoms with Crippen LogP contribution in [0.1, 0.15) is 73.3 Å². The van der Waals surface area contributed by atoms with Crippen LogP contribution in [0.15, 0.2) is 65.2 Å². The van der Waals surface area contributed by atoms with Crippen molar-refractivity contribution in [3.05, 3.63) is 88.6 Å². The van der Waals surface area contributed by atoms with Gasteiger partial charge in [-0.3, -0.25) is 0 Å². The van der Waals surface area contributed by atoms with Crippen molar-refractivity contribution >= 4 is 21.9 Å². The van der Waals surface area contributed by atoms with Crippen LogP contribution in [0.2, 0.25) is 0 Å². The lowest BCUT2D eigenvalue weighted by Crippen LogP contribution is -2.30. The molecule has 0 atom stereocenters. The van der Waals surface area contributed by atoms with Gasteiger partial charge >= 0.3 is 0 Å². The van der Waals surface area contributed by atoms with Crippen LogP contribution in [0.25, 0.3) is 44.3 Å². The third kappa shape index (κ3) is 3.80. The molecule has 0 bridgehead atoms. The van der Waals surface area contributed by atoms with Crippen molar-refractivity contribution in [3.63, 3.8) is 0 Å². The Bertz CT molecular complexity index is 1830. The lowest BCUT2D eigenvalue weighted by Gasteiger charge is -2.19. The van der Waals surface area contributed by atoms with Crippen LogP contribution in [-0.2, 0) is 19.9 Å². The highest BCUT2D eigenvalue weighted by molar-refractivity contribution is 6.14. The molecule has 194 valence electrons. The molecule has 2 aliphatic rings. The van der Waals surface area contributed by atoms with Crippen LogP contribution in [0.4, 0.5) is 0 Å². The first-order valence-corrected chi connectivity index (χ1v) is 14.3. The van der Waals surface area contributed by atoms with Crippen molar-refractivity contribution in [1.29, 1.82) is 5.26 Å². The van der Waals surface area contributed by atoms with E-state index >= 15 is 0 Å². The number of aryl methyl sites for hydroxylation is 2. The van der Waals surface area contributed by atoms with E-state index in [9.17, 15) is 5.26 Å². The molecule has 0 spiro atoms. The van der Waals surface area contributed by atoms with Gasteiger partial charge in [-0.1, -0.05) is 51.0 Å². The van der Waals surface area contributed by atoms with E-state index in [1.54, 1.807) is 5.56 Å². The van der Waals surface area contributed by atoms with Gasteiger partial charge in [-0.05, 0) is 90.0 Å². The van der Waals surface area contributed by atoms with Crippen molar-refractivity contribution in [2.24, 2.45) is 12.5 Å². The molecular weight excluding hydrogens is 476 g/mol. The van der Waals surface area contributed by atoms with Crippen molar-refractivity contribution in [2.45, 2.75) is 65.2 Å². The summed E-state index contributed by atoms with van der Waals surface area (Å²) in [7, 11) is 2.08. The van der Waals surface area contributed by atoms with Gasteiger partial charge < -0.3 is 4.42 Å². The highest BCUT2D eigenvalue weighted by Crippen LogP contribution is 2.48. The monoisotopic (exact) mass is 511 g/mol. The molecule has 39 heavy (non-hydrogen) atoms. The number of furan rings is 1. The molecule has 0 unspecified atom stereocenters. The molecule has 5 aromatic rings. The van der Waals surface area contributed by atoms with E-state index in [0.29, 0.717) is 11.5 Å². The number of rotatable bonds is 3. The molecule has 0 amide bonds. The number of nitriles is 1. The van der Waals surface area contributed by atoms with Gasteiger partial charge in [-0.2, -0.15) is 5.26 Å². The maximum absolute atomic E-state index is 10.3. The molecule has 2 heterocycles. The topological polar surface area (TPSA) is 40.8 Å². The lowest BCUT2D eigenvalue weighted by molar-refractivity contribution is -0.660. The first-order chi connectivity index (χ1) is 18.8. The van der Waals surface area contributed by atoms with Crippen LogP contribution in [0, 0.1) is 23.7 Å². The number of benzene rings is 3. The Hall–Kier alpha value is -3.90. The summed E-state index contributed by atoms with van der Waals surface area (Å²) in [5, 5.41) is 12.5. The quantitative estimate of drug-likeness (QED) is 0.227. The maximum Gasteiger partial charge on any atom is 0.216 e. The summed E-state index contributed by atoms with van der Waals surface area (Å²) in [6.07, 6.45) is 9.47. The second kappa shape index (κ2) is 8.82. The maximum atomic E-state index is 10.3. The number of nitrogens with zero attached hydrogens (tertiary/aromatic N) is 2. The highest BCUT2D eigenvalue weighted by Gasteiger charge is 2.34. The first-order valence-electron chi connectivity index (χ1n) is 14.3. The van der Waals surface area contributed by atoms with E-state index in [1.165, 1.54) is 42.4 Å². The molecule has 7 rings (SSSR count). The molecule has 3 heteroatoms. The Morgan fingerprint density at radius 2 is 1.67 bits per heavy atom. The highest BCUT2D eigenvalue weighted by atomic mass is 16.3. The zero-order valence-corrected chi connectivity index (χ0v) is 23.4. The van der Waals surface area contributed by atoms with Crippen LogP contribution in [-0.4, -0.2) is 0 Å². The average molecular weight is 512 g/mol. The Balaban J connectivity index is 1.53. The van der Waals surface area contributed by atoms with Crippen molar-refractivity contribution in [1.82, 2.24) is 0 Å². The van der Waals surface area contributed by atoms with Crippen LogP contribution >= 0.6 is 0 Å². The van der Waals surface area contributed by atoms with E-state index in [0.717, 1.165) is 57.2 Å². The molecule has 2 aliphatic carbocycles. The van der Waals surface area contributed by atoms with Gasteiger partial charge in [0.2, 0.25) is 5.69 Å². The summed E-state index contributed by atoms with van der Waals surface area (Å²) in [5.74, 6) is 0.625. The van der Waals surface area contributed by atoms with E-state index < -0.39 is 0 Å². The van der Waals surface area contributed by atoms with Gasteiger partial charge in [0.25, 0.3) is 0 Å². The number of aromatic nitrogens is 1. The molecule has 1 fully saturated rings. The molecule has 0 aliphatic heterocycles. The number of hydrogen-bond donors (Lipinski definition) is 0. The summed E-state index contributed by atoms with van der Waals surface area (Å²) in [4.78, 5) is 0. The van der Waals surface area contributed by atoms with Crippen molar-refractivity contribution in [2.75, 3.05) is 0 Å². The largest absolute Gasteiger partial charge is 0.454 e. The van der Waals surface area contributed by atoms with E-state index in [4.69, 9.17) is 4.42 Å². The normalized spacial score (nSPS) is 16.7. The lowest BCUT2D eigenvalue weighted by atomic mass is 9.85. The van der Waals surface area contributed by atoms with Crippen LogP contribution in [0.3, 0.4) is 0 Å². The molecule has 0 N–H and O–H groups in total. The molecule has 3 aromatic carbocycles. The predicted octanol–water partition coefficient (Wildman–Crippen LogP) is 8.71. The summed E-state index contributed by atoms with van der Waals surface area (Å²) in [6.45, 7) is 6.92. The summed E-state index contributed by atoms with van der Waals surface area (Å²) in [5.41, 5.74) is 12.7. The molecule has 0 radical (unpaired) electrons. The standard InChI is InChI=1S/C36H35N2O/c1-22-12-14-27-28-15-13-24(21-37)33(35(28)39-34(27)32(22)31-11-7-8-16-38(31)4)25-17-26-19-36(2,3)20-30(26)29(18-25)23-9-5-6-10-23/h7-8,11-18,23H,5-6,9-10,19-20H2,1-4H3/q+1. The smallest absolute Gasteiger partial charge is 0.216 e. The zero-order valence-electron chi connectivity index (χ0n) is 23.4. The van der Waals surface area contributed by atoms with Gasteiger partial charge in [0.15, 0.2) is 6.20 Å². The Labute approximate surface area is 230 Å². The number of fused-ring (bicyclic) bond motifs is 4. The summed E-state index contributed by atoms with van der Waals surface area (Å²) < 4.78 is 9.01. The third-order valence-corrected chi connectivity index (χ3v) is 9.23. The number of pyridine rings is 1. The van der Waals surface area contributed by atoms with E-state index in [-0.39, 0.29) is 5.41 Å². The minimum atomic E-state index is 0.273. The predicted molar refractivity (Wildman–Crippen MR) is 158 cm³/mol. The molecule has 0 saturated heterocycles. The van der Waals surface area contributed by atoms with Crippen molar-refractivity contribution < 1.29 is 8.98 Å². The Morgan fingerprint density at radius 1 is 0.923 bits per heavy atom. The molecular formula is C36H35N2O+. The first kappa shape index (κ1) is 24.2. The van der Waals surface area contributed by atoms with Gasteiger partial charge in [-0.25, -0.2) is 4.57 Å². The minimum Gasteiger partial charge on any atom is -0.454 e. The fraction of sp³-hybridized carbons (Fsp3) is 0.333. The van der Waals surface area contributed by atoms with Crippen LogP contribution < -0.4 is 4.57 Å².